The third-order valence-corrected chi connectivity index (χ3v) is 2.62. The summed E-state index contributed by atoms with van der Waals surface area (Å²) in [5.41, 5.74) is 2.02. The van der Waals surface area contributed by atoms with Crippen molar-refractivity contribution in [3.63, 3.8) is 0 Å². The number of benzene rings is 1. The predicted octanol–water partition coefficient (Wildman–Crippen LogP) is 3.64. The van der Waals surface area contributed by atoms with Gasteiger partial charge in [-0.05, 0) is 30.3 Å². The Morgan fingerprint density at radius 1 is 1.16 bits per heavy atom. The van der Waals surface area contributed by atoms with Gasteiger partial charge in [0.1, 0.15) is 12.4 Å². The van der Waals surface area contributed by atoms with Crippen molar-refractivity contribution < 1.29 is 4.74 Å². The fourth-order valence-electron chi connectivity index (χ4n) is 1.50. The van der Waals surface area contributed by atoms with E-state index in [0.717, 1.165) is 16.9 Å². The quantitative estimate of drug-likeness (QED) is 0.626. The largest absolute Gasteiger partial charge is 0.489 e. The molecule has 0 bridgehead atoms. The molecule has 0 unspecified atom stereocenters. The molecule has 0 saturated heterocycles. The summed E-state index contributed by atoms with van der Waals surface area (Å²) in [6, 6.07) is 11.6. The van der Waals surface area contributed by atoms with Crippen molar-refractivity contribution in [1.82, 2.24) is 4.98 Å². The molecule has 2 aromatic rings. The van der Waals surface area contributed by atoms with Gasteiger partial charge >= 0.3 is 0 Å². The number of alkyl halides is 1. The first-order valence-corrected chi connectivity index (χ1v) is 6.58. The first kappa shape index (κ1) is 13.5. The van der Waals surface area contributed by atoms with Gasteiger partial charge in [0.15, 0.2) is 0 Å². The van der Waals surface area contributed by atoms with Gasteiger partial charge in [0, 0.05) is 35.8 Å². The molecule has 1 heterocycles. The molecule has 0 radical (unpaired) electrons. The molecule has 0 aliphatic heterocycles. The number of ether oxygens (including phenoxy) is 1. The predicted molar refractivity (Wildman–Crippen MR) is 77.2 cm³/mol. The Hall–Kier alpha value is -1.98. The van der Waals surface area contributed by atoms with Crippen LogP contribution in [0.5, 0.6) is 5.75 Å². The van der Waals surface area contributed by atoms with Crippen LogP contribution in [0.4, 0.5) is 0 Å². The second-order valence-electron chi connectivity index (χ2n) is 3.92. The van der Waals surface area contributed by atoms with Crippen LogP contribution in [0.1, 0.15) is 17.5 Å². The minimum Gasteiger partial charge on any atom is -0.489 e. The van der Waals surface area contributed by atoms with Crippen molar-refractivity contribution in [3.05, 3.63) is 59.9 Å². The summed E-state index contributed by atoms with van der Waals surface area (Å²) in [6.07, 6.45) is 4.25. The summed E-state index contributed by atoms with van der Waals surface area (Å²) >= 11 is 5.56. The van der Waals surface area contributed by atoms with E-state index in [4.69, 9.17) is 16.3 Å². The number of halogens is 1. The van der Waals surface area contributed by atoms with Crippen LogP contribution in [0.25, 0.3) is 0 Å². The zero-order valence-electron chi connectivity index (χ0n) is 10.5. The van der Waals surface area contributed by atoms with E-state index in [1.54, 1.807) is 12.4 Å². The zero-order chi connectivity index (χ0) is 13.3. The Balaban J connectivity index is 1.91. The maximum Gasteiger partial charge on any atom is 0.119 e. The van der Waals surface area contributed by atoms with Gasteiger partial charge in [0.25, 0.3) is 0 Å². The maximum atomic E-state index is 5.66. The first-order valence-electron chi connectivity index (χ1n) is 6.05. The molecule has 2 nitrogen and oxygen atoms in total. The first-order chi connectivity index (χ1) is 9.38. The average molecular weight is 272 g/mol. The summed E-state index contributed by atoms with van der Waals surface area (Å²) in [5.74, 6) is 7.44. The second-order valence-corrected chi connectivity index (χ2v) is 4.29. The molecule has 0 fully saturated rings. The number of hydrogen-bond acceptors (Lipinski definition) is 2. The Bertz CT molecular complexity index is 555. The van der Waals surface area contributed by atoms with Crippen LogP contribution >= 0.6 is 11.6 Å². The zero-order valence-corrected chi connectivity index (χ0v) is 11.2. The van der Waals surface area contributed by atoms with Gasteiger partial charge in [-0.25, -0.2) is 0 Å². The van der Waals surface area contributed by atoms with Crippen LogP contribution in [0, 0.1) is 11.8 Å². The Kier molecular flexibility index (Phi) is 5.28. The molecule has 0 N–H and O–H groups in total. The van der Waals surface area contributed by atoms with Gasteiger partial charge < -0.3 is 4.74 Å². The number of aromatic nitrogens is 1. The SMILES string of the molecule is ClCCC#Cc1ccc(OCc2cccnc2)cc1. The molecule has 0 aliphatic rings. The van der Waals surface area contributed by atoms with Crippen LogP contribution in [0.3, 0.4) is 0 Å². The lowest BCUT2D eigenvalue weighted by molar-refractivity contribution is 0.306. The molecular weight excluding hydrogens is 258 g/mol. The van der Waals surface area contributed by atoms with E-state index in [2.05, 4.69) is 16.8 Å². The molecule has 96 valence electrons. The van der Waals surface area contributed by atoms with Gasteiger partial charge in [-0.1, -0.05) is 17.9 Å². The van der Waals surface area contributed by atoms with E-state index in [9.17, 15) is 0 Å². The molecular formula is C16H14ClNO. The van der Waals surface area contributed by atoms with Gasteiger partial charge in [-0.2, -0.15) is 0 Å². The summed E-state index contributed by atoms with van der Waals surface area (Å²) < 4.78 is 5.66. The van der Waals surface area contributed by atoms with E-state index in [0.29, 0.717) is 18.9 Å². The van der Waals surface area contributed by atoms with E-state index >= 15 is 0 Å². The molecule has 19 heavy (non-hydrogen) atoms. The summed E-state index contributed by atoms with van der Waals surface area (Å²) in [6.45, 7) is 0.519. The molecule has 0 aliphatic carbocycles. The van der Waals surface area contributed by atoms with Crippen LogP contribution in [-0.2, 0) is 6.61 Å². The Labute approximate surface area is 118 Å². The number of pyridine rings is 1. The fourth-order valence-corrected chi connectivity index (χ4v) is 1.59. The highest BCUT2D eigenvalue weighted by Gasteiger charge is 1.95. The van der Waals surface area contributed by atoms with E-state index < -0.39 is 0 Å². The summed E-state index contributed by atoms with van der Waals surface area (Å²) in [7, 11) is 0. The lowest BCUT2D eigenvalue weighted by atomic mass is 10.2. The summed E-state index contributed by atoms with van der Waals surface area (Å²) in [4.78, 5) is 4.04. The lowest BCUT2D eigenvalue weighted by Gasteiger charge is -2.05. The standard InChI is InChI=1S/C16H14ClNO/c17-10-2-1-4-14-6-8-16(9-7-14)19-13-15-5-3-11-18-12-15/h3,5-9,11-12H,2,10,13H2. The smallest absolute Gasteiger partial charge is 0.119 e. The van der Waals surface area contributed by atoms with Crippen molar-refractivity contribution in [3.8, 4) is 17.6 Å². The van der Waals surface area contributed by atoms with Gasteiger partial charge in [-0.15, -0.1) is 11.6 Å². The van der Waals surface area contributed by atoms with Crippen LogP contribution < -0.4 is 4.74 Å². The van der Waals surface area contributed by atoms with Crippen molar-refractivity contribution in [2.45, 2.75) is 13.0 Å². The minimum absolute atomic E-state index is 0.519. The monoisotopic (exact) mass is 271 g/mol. The van der Waals surface area contributed by atoms with Gasteiger partial charge in [0.2, 0.25) is 0 Å². The molecule has 0 saturated carbocycles. The third-order valence-electron chi connectivity index (χ3n) is 2.43. The van der Waals surface area contributed by atoms with Crippen LogP contribution in [0.2, 0.25) is 0 Å². The average Bonchev–Trinajstić information content (AvgIpc) is 2.48. The van der Waals surface area contributed by atoms with Crippen molar-refractivity contribution in [2.75, 3.05) is 5.88 Å². The topological polar surface area (TPSA) is 22.1 Å². The van der Waals surface area contributed by atoms with Gasteiger partial charge in [0.05, 0.1) is 0 Å². The maximum absolute atomic E-state index is 5.66. The molecule has 1 aromatic carbocycles. The number of nitrogens with zero attached hydrogens (tertiary/aromatic N) is 1. The van der Waals surface area contributed by atoms with Crippen molar-refractivity contribution >= 4 is 11.6 Å². The van der Waals surface area contributed by atoms with Gasteiger partial charge in [-0.3, -0.25) is 4.98 Å². The van der Waals surface area contributed by atoms with E-state index in [1.807, 2.05) is 36.4 Å². The van der Waals surface area contributed by atoms with E-state index in [-0.39, 0.29) is 0 Å². The molecule has 0 atom stereocenters. The lowest BCUT2D eigenvalue weighted by Crippen LogP contribution is -1.95. The molecule has 0 amide bonds. The number of rotatable bonds is 4. The second kappa shape index (κ2) is 7.45. The van der Waals surface area contributed by atoms with E-state index in [1.165, 1.54) is 0 Å². The fraction of sp³-hybridized carbons (Fsp3) is 0.188. The van der Waals surface area contributed by atoms with Crippen molar-refractivity contribution in [1.29, 1.82) is 0 Å². The molecule has 2 rings (SSSR count). The molecule has 1 aromatic heterocycles. The normalized spacial score (nSPS) is 9.53. The molecule has 3 heteroatoms. The van der Waals surface area contributed by atoms with Crippen LogP contribution in [0.15, 0.2) is 48.8 Å². The minimum atomic E-state index is 0.519. The Morgan fingerprint density at radius 2 is 2.00 bits per heavy atom. The highest BCUT2D eigenvalue weighted by atomic mass is 35.5. The number of hydrogen-bond donors (Lipinski definition) is 0. The highest BCUT2D eigenvalue weighted by Crippen LogP contribution is 2.13. The summed E-state index contributed by atoms with van der Waals surface area (Å²) in [5, 5.41) is 0. The molecule has 0 spiro atoms. The van der Waals surface area contributed by atoms with Crippen molar-refractivity contribution in [2.24, 2.45) is 0 Å². The van der Waals surface area contributed by atoms with Crippen LogP contribution in [-0.4, -0.2) is 10.9 Å². The highest BCUT2D eigenvalue weighted by molar-refractivity contribution is 6.18. The Morgan fingerprint density at radius 3 is 2.68 bits per heavy atom. The third kappa shape index (κ3) is 4.65.